The highest BCUT2D eigenvalue weighted by atomic mass is 16.5. The maximum absolute atomic E-state index is 10.6. The Morgan fingerprint density at radius 1 is 0.955 bits per heavy atom. The summed E-state index contributed by atoms with van der Waals surface area (Å²) in [6, 6.07) is 17.7. The zero-order chi connectivity index (χ0) is 16.0. The van der Waals surface area contributed by atoms with Gasteiger partial charge in [-0.05, 0) is 17.7 Å². The van der Waals surface area contributed by atoms with Crippen LogP contribution in [0, 0.1) is 5.41 Å². The lowest BCUT2D eigenvalue weighted by atomic mass is 9.78. The molecule has 0 aromatic heterocycles. The van der Waals surface area contributed by atoms with Gasteiger partial charge in [0, 0.05) is 0 Å². The van der Waals surface area contributed by atoms with Crippen molar-refractivity contribution >= 4 is 0 Å². The highest BCUT2D eigenvalue weighted by Gasteiger charge is 2.42. The number of ether oxygens (including phenoxy) is 1. The fraction of sp³-hybridized carbons (Fsp3) is 0.222. The molecule has 0 aliphatic heterocycles. The second kappa shape index (κ2) is 7.22. The molecule has 0 saturated carbocycles. The topological polar surface area (TPSA) is 69.9 Å². The lowest BCUT2D eigenvalue weighted by molar-refractivity contribution is -0.0488. The average Bonchev–Trinajstić information content (AvgIpc) is 2.58. The Labute approximate surface area is 129 Å². The minimum atomic E-state index is -1.39. The van der Waals surface area contributed by atoms with Gasteiger partial charge < -0.3 is 20.1 Å². The van der Waals surface area contributed by atoms with E-state index in [1.807, 2.05) is 12.1 Å². The summed E-state index contributed by atoms with van der Waals surface area (Å²) in [5.41, 5.74) is -0.819. The molecule has 0 amide bonds. The molecule has 1 unspecified atom stereocenters. The molecular weight excluding hydrogens is 280 g/mol. The van der Waals surface area contributed by atoms with E-state index in [1.165, 1.54) is 0 Å². The second-order valence-corrected chi connectivity index (χ2v) is 5.12. The first-order chi connectivity index (χ1) is 10.6. The summed E-state index contributed by atoms with van der Waals surface area (Å²) < 4.78 is 5.63. The molecule has 3 N–H and O–H groups in total. The molecule has 0 aliphatic rings. The number of hydrogen-bond donors (Lipinski definition) is 3. The van der Waals surface area contributed by atoms with E-state index in [0.717, 1.165) is 0 Å². The molecule has 0 heterocycles. The van der Waals surface area contributed by atoms with Crippen molar-refractivity contribution < 1.29 is 20.1 Å². The van der Waals surface area contributed by atoms with Gasteiger partial charge in [-0.15, -0.1) is 0 Å². The van der Waals surface area contributed by atoms with Crippen molar-refractivity contribution in [3.8, 4) is 5.75 Å². The maximum Gasteiger partial charge on any atom is 0.126 e. The highest BCUT2D eigenvalue weighted by molar-refractivity contribution is 5.28. The molecule has 2 rings (SSSR count). The predicted molar refractivity (Wildman–Crippen MR) is 84.2 cm³/mol. The fourth-order valence-corrected chi connectivity index (χ4v) is 2.24. The first-order valence-corrected chi connectivity index (χ1v) is 7.01. The zero-order valence-electron chi connectivity index (χ0n) is 12.2. The largest absolute Gasteiger partial charge is 0.461 e. The van der Waals surface area contributed by atoms with Gasteiger partial charge in [-0.2, -0.15) is 0 Å². The smallest absolute Gasteiger partial charge is 0.126 e. The molecule has 2 aromatic carbocycles. The first kappa shape index (κ1) is 16.2. The Hall–Kier alpha value is -2.14. The highest BCUT2D eigenvalue weighted by Crippen LogP contribution is 2.40. The fourth-order valence-electron chi connectivity index (χ4n) is 2.24. The van der Waals surface area contributed by atoms with Crippen LogP contribution >= 0.6 is 0 Å². The van der Waals surface area contributed by atoms with E-state index in [2.05, 4.69) is 6.58 Å². The third-order valence-corrected chi connectivity index (χ3v) is 3.74. The molecular formula is C18H20O4. The van der Waals surface area contributed by atoms with Gasteiger partial charge in [0.2, 0.25) is 0 Å². The van der Waals surface area contributed by atoms with Gasteiger partial charge in [-0.1, -0.05) is 55.1 Å². The Balaban J connectivity index is 2.29. The van der Waals surface area contributed by atoms with E-state index in [9.17, 15) is 15.3 Å². The van der Waals surface area contributed by atoms with Gasteiger partial charge in [0.25, 0.3) is 0 Å². The third-order valence-electron chi connectivity index (χ3n) is 3.74. The standard InChI is InChI=1S/C18H20O4/c1-14(22-16-10-6-3-7-11-16)18(12-19,13-20)17(21)15-8-4-2-5-9-15/h2-11,17,19-21H,1,12-13H2. The molecule has 22 heavy (non-hydrogen) atoms. The quantitative estimate of drug-likeness (QED) is 0.686. The number of rotatable bonds is 7. The minimum absolute atomic E-state index is 0.111. The molecule has 4 nitrogen and oxygen atoms in total. The molecule has 0 aliphatic carbocycles. The number of para-hydroxylation sites is 1. The van der Waals surface area contributed by atoms with Crippen LogP contribution in [0.5, 0.6) is 5.75 Å². The molecule has 0 fully saturated rings. The van der Waals surface area contributed by atoms with Crippen molar-refractivity contribution in [3.05, 3.63) is 78.6 Å². The SMILES string of the molecule is C=C(Oc1ccccc1)C(CO)(CO)C(O)c1ccccc1. The molecule has 4 heteroatoms. The Morgan fingerprint density at radius 2 is 1.45 bits per heavy atom. The molecule has 0 bridgehead atoms. The summed E-state index contributed by atoms with van der Waals surface area (Å²) >= 11 is 0. The summed E-state index contributed by atoms with van der Waals surface area (Å²) in [6.07, 6.45) is -1.14. The lowest BCUT2D eigenvalue weighted by Crippen LogP contribution is -2.40. The van der Waals surface area contributed by atoms with E-state index in [-0.39, 0.29) is 5.76 Å². The molecule has 2 aromatic rings. The van der Waals surface area contributed by atoms with E-state index in [4.69, 9.17) is 4.74 Å². The van der Waals surface area contributed by atoms with E-state index >= 15 is 0 Å². The summed E-state index contributed by atoms with van der Waals surface area (Å²) in [5.74, 6) is 0.638. The summed E-state index contributed by atoms with van der Waals surface area (Å²) in [6.45, 7) is 2.82. The van der Waals surface area contributed by atoms with Crippen molar-refractivity contribution in [2.24, 2.45) is 5.41 Å². The molecule has 0 radical (unpaired) electrons. The third kappa shape index (κ3) is 3.20. The summed E-state index contributed by atoms with van der Waals surface area (Å²) in [4.78, 5) is 0. The molecule has 116 valence electrons. The van der Waals surface area contributed by atoms with Gasteiger partial charge in [-0.25, -0.2) is 0 Å². The van der Waals surface area contributed by atoms with Crippen LogP contribution in [0.4, 0.5) is 0 Å². The van der Waals surface area contributed by atoms with Crippen molar-refractivity contribution in [2.45, 2.75) is 6.10 Å². The molecule has 0 spiro atoms. The summed E-state index contributed by atoms with van der Waals surface area (Å²) in [5, 5.41) is 30.2. The Kier molecular flexibility index (Phi) is 5.33. The zero-order valence-corrected chi connectivity index (χ0v) is 12.2. The Bertz CT molecular complexity index is 591. The van der Waals surface area contributed by atoms with Crippen LogP contribution in [0.15, 0.2) is 73.0 Å². The minimum Gasteiger partial charge on any atom is -0.461 e. The van der Waals surface area contributed by atoms with Gasteiger partial charge >= 0.3 is 0 Å². The maximum atomic E-state index is 10.6. The average molecular weight is 300 g/mol. The van der Waals surface area contributed by atoms with E-state index in [0.29, 0.717) is 11.3 Å². The number of aliphatic hydroxyl groups excluding tert-OH is 3. The van der Waals surface area contributed by atoms with E-state index in [1.54, 1.807) is 48.5 Å². The normalized spacial score (nSPS) is 12.7. The van der Waals surface area contributed by atoms with Gasteiger partial charge in [0.05, 0.1) is 19.3 Å². The van der Waals surface area contributed by atoms with Crippen molar-refractivity contribution in [1.29, 1.82) is 0 Å². The van der Waals surface area contributed by atoms with Crippen LogP contribution in [0.2, 0.25) is 0 Å². The van der Waals surface area contributed by atoms with Crippen LogP contribution in [-0.4, -0.2) is 28.5 Å². The Morgan fingerprint density at radius 3 is 1.95 bits per heavy atom. The molecule has 1 atom stereocenters. The van der Waals surface area contributed by atoms with Crippen molar-refractivity contribution in [2.75, 3.05) is 13.2 Å². The van der Waals surface area contributed by atoms with Crippen LogP contribution in [0.1, 0.15) is 11.7 Å². The van der Waals surface area contributed by atoms with E-state index < -0.39 is 24.7 Å². The van der Waals surface area contributed by atoms with Crippen LogP contribution in [0.3, 0.4) is 0 Å². The summed E-state index contributed by atoms with van der Waals surface area (Å²) in [7, 11) is 0. The number of aliphatic hydroxyl groups is 3. The van der Waals surface area contributed by atoms with Crippen LogP contribution in [-0.2, 0) is 0 Å². The van der Waals surface area contributed by atoms with Crippen molar-refractivity contribution in [1.82, 2.24) is 0 Å². The van der Waals surface area contributed by atoms with Crippen LogP contribution in [0.25, 0.3) is 0 Å². The van der Waals surface area contributed by atoms with Gasteiger partial charge in [-0.3, -0.25) is 0 Å². The van der Waals surface area contributed by atoms with Gasteiger partial charge in [0.1, 0.15) is 16.9 Å². The predicted octanol–water partition coefficient (Wildman–Crippen LogP) is 2.28. The lowest BCUT2D eigenvalue weighted by Gasteiger charge is -2.36. The number of benzene rings is 2. The molecule has 0 saturated heterocycles. The number of hydrogen-bond acceptors (Lipinski definition) is 4. The monoisotopic (exact) mass is 300 g/mol. The van der Waals surface area contributed by atoms with Gasteiger partial charge in [0.15, 0.2) is 0 Å². The second-order valence-electron chi connectivity index (χ2n) is 5.12. The first-order valence-electron chi connectivity index (χ1n) is 7.01. The van der Waals surface area contributed by atoms with Crippen LogP contribution < -0.4 is 4.74 Å². The van der Waals surface area contributed by atoms with Crippen molar-refractivity contribution in [3.63, 3.8) is 0 Å².